The van der Waals surface area contributed by atoms with E-state index in [-0.39, 0.29) is 12.5 Å². The first-order chi connectivity index (χ1) is 8.04. The molecule has 0 bridgehead atoms. The van der Waals surface area contributed by atoms with Gasteiger partial charge in [-0.15, -0.1) is 0 Å². The zero-order chi connectivity index (χ0) is 13.3. The molecule has 0 aliphatic heterocycles. The Kier molecular flexibility index (Phi) is 8.42. The average Bonchev–Trinajstić information content (AvgIpc) is 2.30. The van der Waals surface area contributed by atoms with Crippen molar-refractivity contribution in [2.45, 2.75) is 40.5 Å². The Labute approximate surface area is 105 Å². The molecule has 0 aromatic carbocycles. The Hall–Kier alpha value is -1.09. The fourth-order valence-electron chi connectivity index (χ4n) is 1.52. The molecule has 0 aromatic rings. The maximum absolute atomic E-state index is 11.8. The van der Waals surface area contributed by atoms with Crippen molar-refractivity contribution in [3.8, 4) is 0 Å². The molecule has 0 radical (unpaired) electrons. The van der Waals surface area contributed by atoms with E-state index < -0.39 is 0 Å². The zero-order valence-electron chi connectivity index (χ0n) is 11.5. The molecule has 0 saturated carbocycles. The number of hydrogen-bond acceptors (Lipinski definition) is 2. The van der Waals surface area contributed by atoms with Crippen LogP contribution in [-0.2, 0) is 4.79 Å². The lowest BCUT2D eigenvalue weighted by molar-refractivity contribution is -0.125. The largest absolute Gasteiger partial charge is 0.392 e. The monoisotopic (exact) mass is 239 g/mol. The quantitative estimate of drug-likeness (QED) is 0.548. The van der Waals surface area contributed by atoms with Crippen molar-refractivity contribution in [3.63, 3.8) is 0 Å². The number of amides is 1. The first-order valence-corrected chi connectivity index (χ1v) is 6.27. The second-order valence-electron chi connectivity index (χ2n) is 4.25. The van der Waals surface area contributed by atoms with Crippen LogP contribution in [0, 0.1) is 0 Å². The highest BCUT2D eigenvalue weighted by molar-refractivity contribution is 5.88. The molecule has 0 spiro atoms. The van der Waals surface area contributed by atoms with E-state index in [2.05, 4.69) is 0 Å². The fourth-order valence-corrected chi connectivity index (χ4v) is 1.52. The van der Waals surface area contributed by atoms with Crippen molar-refractivity contribution in [1.29, 1.82) is 0 Å². The molecule has 0 saturated heterocycles. The van der Waals surface area contributed by atoms with Crippen LogP contribution in [0.25, 0.3) is 0 Å². The molecular weight excluding hydrogens is 214 g/mol. The van der Waals surface area contributed by atoms with Crippen molar-refractivity contribution in [1.82, 2.24) is 4.90 Å². The number of aliphatic hydroxyl groups excluding tert-OH is 1. The molecule has 0 rings (SSSR count). The number of carbonyl (C=O) groups is 1. The summed E-state index contributed by atoms with van der Waals surface area (Å²) in [5.74, 6) is 0.0929. The van der Waals surface area contributed by atoms with Crippen molar-refractivity contribution in [2.75, 3.05) is 19.7 Å². The molecule has 0 atom stereocenters. The Morgan fingerprint density at radius 3 is 2.24 bits per heavy atom. The topological polar surface area (TPSA) is 40.5 Å². The number of hydrogen-bond donors (Lipinski definition) is 1. The molecule has 0 aliphatic carbocycles. The van der Waals surface area contributed by atoms with Gasteiger partial charge in [-0.25, -0.2) is 0 Å². The Bertz CT molecular complexity index is 289. The molecule has 0 unspecified atom stereocenters. The normalized spacial score (nSPS) is 12.8. The highest BCUT2D eigenvalue weighted by atomic mass is 16.3. The predicted octanol–water partition coefficient (Wildman–Crippen LogP) is 2.52. The van der Waals surface area contributed by atoms with E-state index in [1.165, 1.54) is 0 Å². The Morgan fingerprint density at radius 2 is 1.76 bits per heavy atom. The van der Waals surface area contributed by atoms with Gasteiger partial charge in [0.25, 0.3) is 0 Å². The van der Waals surface area contributed by atoms with Crippen LogP contribution in [0.5, 0.6) is 0 Å². The molecule has 1 amide bonds. The maximum Gasteiger partial charge on any atom is 0.246 e. The summed E-state index contributed by atoms with van der Waals surface area (Å²) in [4.78, 5) is 13.6. The summed E-state index contributed by atoms with van der Waals surface area (Å²) in [5, 5.41) is 8.84. The van der Waals surface area contributed by atoms with Gasteiger partial charge >= 0.3 is 0 Å². The number of rotatable bonds is 7. The first kappa shape index (κ1) is 15.9. The predicted molar refractivity (Wildman–Crippen MR) is 71.8 cm³/mol. The van der Waals surface area contributed by atoms with E-state index in [9.17, 15) is 4.79 Å². The maximum atomic E-state index is 11.8. The first-order valence-electron chi connectivity index (χ1n) is 6.27. The second-order valence-corrected chi connectivity index (χ2v) is 4.25. The third kappa shape index (κ3) is 6.95. The summed E-state index contributed by atoms with van der Waals surface area (Å²) >= 11 is 0. The SMILES string of the molecule is CCN(CC)C(=O)/C=C(\C)CC/C=C(\C)CO. The minimum Gasteiger partial charge on any atom is -0.392 e. The van der Waals surface area contributed by atoms with Gasteiger partial charge in [0.15, 0.2) is 0 Å². The third-order valence-electron chi connectivity index (χ3n) is 2.73. The van der Waals surface area contributed by atoms with E-state index in [4.69, 9.17) is 5.11 Å². The smallest absolute Gasteiger partial charge is 0.246 e. The fraction of sp³-hybridized carbons (Fsp3) is 0.643. The van der Waals surface area contributed by atoms with E-state index in [1.54, 1.807) is 11.0 Å². The number of nitrogens with zero attached hydrogens (tertiary/aromatic N) is 1. The van der Waals surface area contributed by atoms with Crippen LogP contribution in [0.2, 0.25) is 0 Å². The summed E-state index contributed by atoms with van der Waals surface area (Å²) in [5.41, 5.74) is 2.07. The molecule has 0 fully saturated rings. The number of allylic oxidation sites excluding steroid dienone is 2. The van der Waals surface area contributed by atoms with Gasteiger partial charge in [0.2, 0.25) is 5.91 Å². The van der Waals surface area contributed by atoms with Gasteiger partial charge in [0.1, 0.15) is 0 Å². The molecule has 0 aromatic heterocycles. The molecule has 1 N–H and O–H groups in total. The van der Waals surface area contributed by atoms with E-state index in [0.717, 1.165) is 37.1 Å². The molecule has 0 heterocycles. The van der Waals surface area contributed by atoms with Crippen molar-refractivity contribution < 1.29 is 9.90 Å². The minimum atomic E-state index is 0.0929. The Balaban J connectivity index is 4.21. The average molecular weight is 239 g/mol. The summed E-state index contributed by atoms with van der Waals surface area (Å²) in [6, 6.07) is 0. The number of carbonyl (C=O) groups excluding carboxylic acids is 1. The number of likely N-dealkylation sites (N-methyl/N-ethyl adjacent to an activating group) is 1. The summed E-state index contributed by atoms with van der Waals surface area (Å²) in [7, 11) is 0. The minimum absolute atomic E-state index is 0.0929. The summed E-state index contributed by atoms with van der Waals surface area (Å²) < 4.78 is 0. The molecule has 98 valence electrons. The standard InChI is InChI=1S/C14H25NO2/c1-5-15(6-2)14(17)10-12(3)8-7-9-13(4)11-16/h9-10,16H,5-8,11H2,1-4H3/b12-10+,13-9+. The van der Waals surface area contributed by atoms with Crippen LogP contribution in [0.3, 0.4) is 0 Å². The van der Waals surface area contributed by atoms with Gasteiger partial charge in [-0.1, -0.05) is 17.2 Å². The van der Waals surface area contributed by atoms with Gasteiger partial charge < -0.3 is 10.0 Å². The molecule has 0 aliphatic rings. The van der Waals surface area contributed by atoms with E-state index >= 15 is 0 Å². The van der Waals surface area contributed by atoms with Gasteiger partial charge in [-0.3, -0.25) is 4.79 Å². The van der Waals surface area contributed by atoms with Crippen molar-refractivity contribution in [3.05, 3.63) is 23.3 Å². The van der Waals surface area contributed by atoms with Gasteiger partial charge in [-0.2, -0.15) is 0 Å². The number of aliphatic hydroxyl groups is 1. The molecule has 17 heavy (non-hydrogen) atoms. The summed E-state index contributed by atoms with van der Waals surface area (Å²) in [6.45, 7) is 9.46. The van der Waals surface area contributed by atoms with E-state index in [1.807, 2.05) is 33.8 Å². The molecular formula is C14H25NO2. The van der Waals surface area contributed by atoms with Gasteiger partial charge in [-0.05, 0) is 40.5 Å². The van der Waals surface area contributed by atoms with Crippen LogP contribution >= 0.6 is 0 Å². The lowest BCUT2D eigenvalue weighted by atomic mass is 10.1. The second kappa shape index (κ2) is 8.99. The van der Waals surface area contributed by atoms with Crippen molar-refractivity contribution in [2.24, 2.45) is 0 Å². The molecule has 3 heteroatoms. The lowest BCUT2D eigenvalue weighted by Gasteiger charge is -2.16. The van der Waals surface area contributed by atoms with Crippen LogP contribution in [-0.4, -0.2) is 35.6 Å². The van der Waals surface area contributed by atoms with Crippen LogP contribution in [0.15, 0.2) is 23.3 Å². The van der Waals surface area contributed by atoms with Crippen LogP contribution < -0.4 is 0 Å². The van der Waals surface area contributed by atoms with E-state index in [0.29, 0.717) is 0 Å². The third-order valence-corrected chi connectivity index (χ3v) is 2.73. The highest BCUT2D eigenvalue weighted by Gasteiger charge is 2.05. The van der Waals surface area contributed by atoms with Crippen LogP contribution in [0.4, 0.5) is 0 Å². The zero-order valence-corrected chi connectivity index (χ0v) is 11.5. The Morgan fingerprint density at radius 1 is 1.18 bits per heavy atom. The van der Waals surface area contributed by atoms with Gasteiger partial charge in [0, 0.05) is 19.2 Å². The van der Waals surface area contributed by atoms with Crippen LogP contribution in [0.1, 0.15) is 40.5 Å². The summed E-state index contributed by atoms with van der Waals surface area (Å²) in [6.07, 6.45) is 5.47. The lowest BCUT2D eigenvalue weighted by Crippen LogP contribution is -2.28. The molecule has 3 nitrogen and oxygen atoms in total. The highest BCUT2D eigenvalue weighted by Crippen LogP contribution is 2.07. The van der Waals surface area contributed by atoms with Crippen molar-refractivity contribution >= 4 is 5.91 Å². The van der Waals surface area contributed by atoms with Gasteiger partial charge in [0.05, 0.1) is 6.61 Å².